The Bertz CT molecular complexity index is 543. The van der Waals surface area contributed by atoms with Gasteiger partial charge in [-0.15, -0.1) is 0 Å². The highest BCUT2D eigenvalue weighted by molar-refractivity contribution is 5.48. The van der Waals surface area contributed by atoms with Crippen LogP contribution in [-0.4, -0.2) is 22.7 Å². The van der Waals surface area contributed by atoms with Gasteiger partial charge in [-0.2, -0.15) is 0 Å². The Labute approximate surface area is 119 Å². The maximum atomic E-state index is 9.56. The Balaban J connectivity index is 2.12. The Morgan fingerprint density at radius 1 is 1.25 bits per heavy atom. The van der Waals surface area contributed by atoms with Crippen molar-refractivity contribution >= 4 is 5.82 Å². The Morgan fingerprint density at radius 3 is 2.65 bits per heavy atom. The van der Waals surface area contributed by atoms with Crippen LogP contribution in [0.1, 0.15) is 16.7 Å². The number of nitrogens with zero attached hydrogens (tertiary/aromatic N) is 1. The molecule has 1 aromatic heterocycles. The summed E-state index contributed by atoms with van der Waals surface area (Å²) in [6, 6.07) is 12.0. The summed E-state index contributed by atoms with van der Waals surface area (Å²) >= 11 is 0. The first kappa shape index (κ1) is 14.5. The fourth-order valence-corrected chi connectivity index (χ4v) is 2.22. The van der Waals surface area contributed by atoms with E-state index in [0.29, 0.717) is 6.54 Å². The van der Waals surface area contributed by atoms with E-state index in [2.05, 4.69) is 22.4 Å². The summed E-state index contributed by atoms with van der Waals surface area (Å²) in [5.74, 6) is 0.766. The molecule has 4 N–H and O–H groups in total. The lowest BCUT2D eigenvalue weighted by Crippen LogP contribution is -2.28. The molecule has 0 bridgehead atoms. The first-order chi connectivity index (χ1) is 9.74. The predicted octanol–water partition coefficient (Wildman–Crippen LogP) is 1.86. The molecule has 4 heteroatoms. The van der Waals surface area contributed by atoms with Gasteiger partial charge in [0, 0.05) is 18.3 Å². The number of benzene rings is 1. The number of hydrogen-bond acceptors (Lipinski definition) is 4. The van der Waals surface area contributed by atoms with Gasteiger partial charge in [-0.3, -0.25) is 0 Å². The second-order valence-electron chi connectivity index (χ2n) is 4.87. The van der Waals surface area contributed by atoms with Crippen molar-refractivity contribution in [3.63, 3.8) is 0 Å². The van der Waals surface area contributed by atoms with Gasteiger partial charge in [-0.05, 0) is 30.5 Å². The molecule has 1 atom stereocenters. The lowest BCUT2D eigenvalue weighted by Gasteiger charge is -2.19. The summed E-state index contributed by atoms with van der Waals surface area (Å²) in [6.45, 7) is 2.50. The molecule has 4 nitrogen and oxygen atoms in total. The van der Waals surface area contributed by atoms with E-state index in [9.17, 15) is 5.11 Å². The van der Waals surface area contributed by atoms with Crippen LogP contribution in [-0.2, 0) is 13.0 Å². The molecule has 1 unspecified atom stereocenters. The van der Waals surface area contributed by atoms with Crippen molar-refractivity contribution in [3.8, 4) is 0 Å². The molecule has 20 heavy (non-hydrogen) atoms. The van der Waals surface area contributed by atoms with Gasteiger partial charge in [0.05, 0.1) is 12.6 Å². The van der Waals surface area contributed by atoms with E-state index < -0.39 is 0 Å². The van der Waals surface area contributed by atoms with Gasteiger partial charge in [0.2, 0.25) is 0 Å². The molecule has 0 saturated carbocycles. The molecule has 2 aromatic rings. The van der Waals surface area contributed by atoms with Crippen LogP contribution in [0.2, 0.25) is 0 Å². The topological polar surface area (TPSA) is 71.2 Å². The van der Waals surface area contributed by atoms with Crippen molar-refractivity contribution in [1.82, 2.24) is 4.98 Å². The van der Waals surface area contributed by atoms with Crippen molar-refractivity contribution in [3.05, 3.63) is 59.3 Å². The minimum absolute atomic E-state index is 0.0501. The molecule has 0 aliphatic heterocycles. The molecule has 106 valence electrons. The SMILES string of the molecule is Cc1ccnc(NC(CO)Cc2ccccc2)c1CN. The van der Waals surface area contributed by atoms with Crippen LogP contribution in [0, 0.1) is 6.92 Å². The number of nitrogens with two attached hydrogens (primary N) is 1. The van der Waals surface area contributed by atoms with Crippen LogP contribution in [0.25, 0.3) is 0 Å². The standard InChI is InChI=1S/C16H21N3O/c1-12-7-8-18-16(15(12)10-17)19-14(11-20)9-13-5-3-2-4-6-13/h2-8,14,20H,9-11,17H2,1H3,(H,18,19). The molecule has 1 aromatic carbocycles. The van der Waals surface area contributed by atoms with Gasteiger partial charge in [0.1, 0.15) is 5.82 Å². The summed E-state index contributed by atoms with van der Waals surface area (Å²) in [4.78, 5) is 4.34. The van der Waals surface area contributed by atoms with Crippen LogP contribution in [0.4, 0.5) is 5.82 Å². The summed E-state index contributed by atoms with van der Waals surface area (Å²) in [6.07, 6.45) is 2.50. The van der Waals surface area contributed by atoms with E-state index in [1.807, 2.05) is 31.2 Å². The Kier molecular flexibility index (Phi) is 5.09. The normalized spacial score (nSPS) is 12.2. The minimum Gasteiger partial charge on any atom is -0.394 e. The molecule has 0 amide bonds. The fraction of sp³-hybridized carbons (Fsp3) is 0.312. The summed E-state index contributed by atoms with van der Waals surface area (Å²) in [5.41, 5.74) is 9.07. The van der Waals surface area contributed by atoms with Crippen LogP contribution in [0.3, 0.4) is 0 Å². The highest BCUT2D eigenvalue weighted by Gasteiger charge is 2.12. The number of aryl methyl sites for hydroxylation is 1. The molecule has 0 radical (unpaired) electrons. The van der Waals surface area contributed by atoms with Crippen molar-refractivity contribution in [2.45, 2.75) is 25.9 Å². The van der Waals surface area contributed by atoms with Gasteiger partial charge < -0.3 is 16.2 Å². The smallest absolute Gasteiger partial charge is 0.130 e. The highest BCUT2D eigenvalue weighted by atomic mass is 16.3. The second kappa shape index (κ2) is 7.03. The first-order valence-electron chi connectivity index (χ1n) is 6.80. The quantitative estimate of drug-likeness (QED) is 0.750. The third-order valence-corrected chi connectivity index (χ3v) is 3.38. The van der Waals surface area contributed by atoms with Gasteiger partial charge in [0.25, 0.3) is 0 Å². The zero-order chi connectivity index (χ0) is 14.4. The minimum atomic E-state index is -0.0722. The van der Waals surface area contributed by atoms with E-state index in [0.717, 1.165) is 23.4 Å². The fourth-order valence-electron chi connectivity index (χ4n) is 2.22. The van der Waals surface area contributed by atoms with Gasteiger partial charge >= 0.3 is 0 Å². The van der Waals surface area contributed by atoms with Crippen molar-refractivity contribution in [2.24, 2.45) is 5.73 Å². The predicted molar refractivity (Wildman–Crippen MR) is 81.5 cm³/mol. The number of nitrogens with one attached hydrogen (secondary N) is 1. The lowest BCUT2D eigenvalue weighted by molar-refractivity contribution is 0.273. The molecule has 2 rings (SSSR count). The molecule has 0 fully saturated rings. The third-order valence-electron chi connectivity index (χ3n) is 3.38. The van der Waals surface area contributed by atoms with E-state index >= 15 is 0 Å². The number of aliphatic hydroxyl groups excluding tert-OH is 1. The van der Waals surface area contributed by atoms with Crippen LogP contribution in [0.15, 0.2) is 42.6 Å². The van der Waals surface area contributed by atoms with Crippen molar-refractivity contribution in [1.29, 1.82) is 0 Å². The summed E-state index contributed by atoms with van der Waals surface area (Å²) < 4.78 is 0. The molecule has 0 aliphatic carbocycles. The number of pyridine rings is 1. The largest absolute Gasteiger partial charge is 0.394 e. The molecular formula is C16H21N3O. The number of anilines is 1. The highest BCUT2D eigenvalue weighted by Crippen LogP contribution is 2.17. The van der Waals surface area contributed by atoms with Gasteiger partial charge in [0.15, 0.2) is 0 Å². The third kappa shape index (κ3) is 3.56. The average Bonchev–Trinajstić information content (AvgIpc) is 2.48. The van der Waals surface area contributed by atoms with Gasteiger partial charge in [-0.1, -0.05) is 30.3 Å². The number of hydrogen-bond donors (Lipinski definition) is 3. The molecule has 0 saturated heterocycles. The maximum Gasteiger partial charge on any atom is 0.130 e. The molecular weight excluding hydrogens is 250 g/mol. The van der Waals surface area contributed by atoms with Crippen LogP contribution < -0.4 is 11.1 Å². The molecule has 1 heterocycles. The monoisotopic (exact) mass is 271 g/mol. The number of aliphatic hydroxyl groups is 1. The van der Waals surface area contributed by atoms with E-state index in [1.165, 1.54) is 5.56 Å². The first-order valence-corrected chi connectivity index (χ1v) is 6.80. The zero-order valence-corrected chi connectivity index (χ0v) is 11.7. The summed E-state index contributed by atoms with van der Waals surface area (Å²) in [5, 5.41) is 12.9. The second-order valence-corrected chi connectivity index (χ2v) is 4.87. The van der Waals surface area contributed by atoms with Crippen molar-refractivity contribution in [2.75, 3.05) is 11.9 Å². The van der Waals surface area contributed by atoms with Crippen LogP contribution in [0.5, 0.6) is 0 Å². The average molecular weight is 271 g/mol. The summed E-state index contributed by atoms with van der Waals surface area (Å²) in [7, 11) is 0. The van der Waals surface area contributed by atoms with E-state index in [1.54, 1.807) is 6.20 Å². The number of aromatic nitrogens is 1. The lowest BCUT2D eigenvalue weighted by atomic mass is 10.1. The Hall–Kier alpha value is -1.91. The molecule has 0 aliphatic rings. The van der Waals surface area contributed by atoms with Crippen LogP contribution >= 0.6 is 0 Å². The van der Waals surface area contributed by atoms with E-state index in [4.69, 9.17) is 5.73 Å². The Morgan fingerprint density at radius 2 is 2.00 bits per heavy atom. The van der Waals surface area contributed by atoms with E-state index in [-0.39, 0.29) is 12.6 Å². The van der Waals surface area contributed by atoms with Gasteiger partial charge in [-0.25, -0.2) is 4.98 Å². The number of rotatable bonds is 6. The molecule has 0 spiro atoms. The maximum absolute atomic E-state index is 9.56. The van der Waals surface area contributed by atoms with Crippen molar-refractivity contribution < 1.29 is 5.11 Å². The zero-order valence-electron chi connectivity index (χ0n) is 11.7.